The number of hydrogen-bond donors (Lipinski definition) is 1. The van der Waals surface area contributed by atoms with Gasteiger partial charge in [-0.25, -0.2) is 8.42 Å². The van der Waals surface area contributed by atoms with Crippen LogP contribution in [-0.4, -0.2) is 36.4 Å². The van der Waals surface area contributed by atoms with E-state index in [-0.39, 0.29) is 11.4 Å². The third-order valence-corrected chi connectivity index (χ3v) is 5.81. The van der Waals surface area contributed by atoms with E-state index in [4.69, 9.17) is 0 Å². The average molecular weight is 311 g/mol. The van der Waals surface area contributed by atoms with Gasteiger partial charge in [-0.1, -0.05) is 26.0 Å². The van der Waals surface area contributed by atoms with Gasteiger partial charge in [-0.3, -0.25) is 4.79 Å². The van der Waals surface area contributed by atoms with E-state index in [2.05, 4.69) is 0 Å². The van der Waals surface area contributed by atoms with Crippen LogP contribution in [0, 0.1) is 0 Å². The van der Waals surface area contributed by atoms with Gasteiger partial charge >= 0.3 is 5.97 Å². The van der Waals surface area contributed by atoms with Crippen LogP contribution in [0.4, 0.5) is 0 Å². The highest BCUT2D eigenvalue weighted by Gasteiger charge is 2.37. The Bertz CT molecular complexity index is 607. The second-order valence-corrected chi connectivity index (χ2v) is 7.58. The molecule has 0 aliphatic carbocycles. The molecule has 0 spiro atoms. The normalized spacial score (nSPS) is 20.6. The third-order valence-electron chi connectivity index (χ3n) is 3.89. The van der Waals surface area contributed by atoms with Crippen LogP contribution < -0.4 is 0 Å². The van der Waals surface area contributed by atoms with E-state index in [9.17, 15) is 18.3 Å². The third kappa shape index (κ3) is 3.27. The molecule has 5 nitrogen and oxygen atoms in total. The molecule has 1 aliphatic rings. The molecule has 0 amide bonds. The smallest absolute Gasteiger partial charge is 0.322 e. The van der Waals surface area contributed by atoms with Crippen molar-refractivity contribution in [3.63, 3.8) is 0 Å². The lowest BCUT2D eigenvalue weighted by Crippen LogP contribution is -2.47. The minimum Gasteiger partial charge on any atom is -0.480 e. The molecule has 1 N–H and O–H groups in total. The van der Waals surface area contributed by atoms with Crippen molar-refractivity contribution in [2.75, 3.05) is 6.54 Å². The quantitative estimate of drug-likeness (QED) is 0.926. The fourth-order valence-electron chi connectivity index (χ4n) is 2.60. The van der Waals surface area contributed by atoms with Gasteiger partial charge in [0.15, 0.2) is 0 Å². The zero-order valence-corrected chi connectivity index (χ0v) is 13.1. The van der Waals surface area contributed by atoms with Crippen molar-refractivity contribution in [2.45, 2.75) is 50.0 Å². The van der Waals surface area contributed by atoms with E-state index < -0.39 is 22.0 Å². The SMILES string of the molecule is CC(C)c1ccc(S(=O)(=O)N2CCCC[C@H]2C(=O)O)cc1. The van der Waals surface area contributed by atoms with Gasteiger partial charge in [-0.2, -0.15) is 4.31 Å². The van der Waals surface area contributed by atoms with E-state index in [0.717, 1.165) is 16.3 Å². The standard InChI is InChI=1S/C15H21NO4S/c1-11(2)12-6-8-13(9-7-12)21(19,20)16-10-4-3-5-14(16)15(17)18/h6-9,11,14H,3-5,10H2,1-2H3,(H,17,18)/t14-/m0/s1. The Morgan fingerprint density at radius 3 is 2.38 bits per heavy atom. The predicted octanol–water partition coefficient (Wildman–Crippen LogP) is 2.44. The molecule has 21 heavy (non-hydrogen) atoms. The summed E-state index contributed by atoms with van der Waals surface area (Å²) in [5.74, 6) is -0.749. The predicted molar refractivity (Wildman–Crippen MR) is 79.7 cm³/mol. The van der Waals surface area contributed by atoms with Crippen LogP contribution in [0.2, 0.25) is 0 Å². The van der Waals surface area contributed by atoms with E-state index in [1.54, 1.807) is 24.3 Å². The lowest BCUT2D eigenvalue weighted by molar-refractivity contribution is -0.142. The minimum absolute atomic E-state index is 0.167. The maximum Gasteiger partial charge on any atom is 0.322 e. The first-order valence-corrected chi connectivity index (χ1v) is 8.62. The molecular formula is C15H21NO4S. The summed E-state index contributed by atoms with van der Waals surface area (Å²) < 4.78 is 26.4. The van der Waals surface area contributed by atoms with Gasteiger partial charge in [0.25, 0.3) is 0 Å². The number of hydrogen-bond acceptors (Lipinski definition) is 3. The van der Waals surface area contributed by atoms with Gasteiger partial charge in [-0.15, -0.1) is 0 Å². The zero-order chi connectivity index (χ0) is 15.6. The van der Waals surface area contributed by atoms with E-state index in [0.29, 0.717) is 18.8 Å². The van der Waals surface area contributed by atoms with Crippen molar-refractivity contribution in [3.8, 4) is 0 Å². The summed E-state index contributed by atoms with van der Waals surface area (Å²) in [6.45, 7) is 4.34. The molecule has 1 heterocycles. The Morgan fingerprint density at radius 1 is 1.24 bits per heavy atom. The van der Waals surface area contributed by atoms with Gasteiger partial charge in [-0.05, 0) is 42.9 Å². The number of carbonyl (C=O) groups is 1. The second-order valence-electron chi connectivity index (χ2n) is 5.69. The Hall–Kier alpha value is -1.40. The molecular weight excluding hydrogens is 290 g/mol. The zero-order valence-electron chi connectivity index (χ0n) is 12.3. The Kier molecular flexibility index (Phi) is 4.68. The number of carboxylic acid groups (broad SMARTS) is 1. The highest BCUT2D eigenvalue weighted by Crippen LogP contribution is 2.26. The van der Waals surface area contributed by atoms with Crippen LogP contribution in [0.5, 0.6) is 0 Å². The number of aliphatic carboxylic acids is 1. The Balaban J connectivity index is 2.33. The number of piperidine rings is 1. The fraction of sp³-hybridized carbons (Fsp3) is 0.533. The first-order valence-electron chi connectivity index (χ1n) is 7.18. The van der Waals surface area contributed by atoms with Crippen molar-refractivity contribution >= 4 is 16.0 Å². The molecule has 1 aromatic carbocycles. The van der Waals surface area contributed by atoms with Crippen molar-refractivity contribution < 1.29 is 18.3 Å². The van der Waals surface area contributed by atoms with E-state index in [1.807, 2.05) is 13.8 Å². The highest BCUT2D eigenvalue weighted by molar-refractivity contribution is 7.89. The summed E-state index contributed by atoms with van der Waals surface area (Å²) >= 11 is 0. The summed E-state index contributed by atoms with van der Waals surface area (Å²) in [4.78, 5) is 11.4. The van der Waals surface area contributed by atoms with E-state index >= 15 is 0 Å². The molecule has 0 saturated carbocycles. The largest absolute Gasteiger partial charge is 0.480 e. The molecule has 2 rings (SSSR count). The summed E-state index contributed by atoms with van der Waals surface area (Å²) in [7, 11) is -3.75. The topological polar surface area (TPSA) is 74.7 Å². The average Bonchev–Trinajstić information content (AvgIpc) is 2.47. The van der Waals surface area contributed by atoms with Crippen LogP contribution in [0.1, 0.15) is 44.6 Å². The molecule has 0 bridgehead atoms. The van der Waals surface area contributed by atoms with Gasteiger partial charge < -0.3 is 5.11 Å². The van der Waals surface area contributed by atoms with E-state index in [1.165, 1.54) is 0 Å². The number of sulfonamides is 1. The van der Waals surface area contributed by atoms with Crippen LogP contribution in [0.25, 0.3) is 0 Å². The summed E-state index contributed by atoms with van der Waals surface area (Å²) in [6, 6.07) is 5.76. The number of nitrogens with zero attached hydrogens (tertiary/aromatic N) is 1. The van der Waals surface area contributed by atoms with Crippen LogP contribution in [-0.2, 0) is 14.8 Å². The molecule has 1 fully saturated rings. The number of benzene rings is 1. The Morgan fingerprint density at radius 2 is 1.86 bits per heavy atom. The molecule has 1 aromatic rings. The van der Waals surface area contributed by atoms with Crippen molar-refractivity contribution in [1.82, 2.24) is 4.31 Å². The maximum atomic E-state index is 12.6. The lowest BCUT2D eigenvalue weighted by atomic mass is 10.0. The molecule has 1 atom stereocenters. The fourth-order valence-corrected chi connectivity index (χ4v) is 4.25. The van der Waals surface area contributed by atoms with Crippen LogP contribution in [0.15, 0.2) is 29.2 Å². The molecule has 0 aromatic heterocycles. The monoisotopic (exact) mass is 311 g/mol. The lowest BCUT2D eigenvalue weighted by Gasteiger charge is -2.31. The minimum atomic E-state index is -3.75. The molecule has 1 saturated heterocycles. The second kappa shape index (κ2) is 6.15. The first-order chi connectivity index (χ1) is 9.84. The molecule has 6 heteroatoms. The molecule has 1 aliphatic heterocycles. The van der Waals surface area contributed by atoms with Crippen LogP contribution >= 0.6 is 0 Å². The van der Waals surface area contributed by atoms with Gasteiger partial charge in [0.2, 0.25) is 10.0 Å². The summed E-state index contributed by atoms with van der Waals surface area (Å²) in [6.07, 6.45) is 1.82. The van der Waals surface area contributed by atoms with Gasteiger partial charge in [0.05, 0.1) is 4.90 Å². The molecule has 0 unspecified atom stereocenters. The summed E-state index contributed by atoms with van der Waals surface area (Å²) in [5.41, 5.74) is 1.06. The number of rotatable bonds is 4. The summed E-state index contributed by atoms with van der Waals surface area (Å²) in [5, 5.41) is 9.23. The van der Waals surface area contributed by atoms with Crippen molar-refractivity contribution in [1.29, 1.82) is 0 Å². The highest BCUT2D eigenvalue weighted by atomic mass is 32.2. The maximum absolute atomic E-state index is 12.6. The van der Waals surface area contributed by atoms with Gasteiger partial charge in [0, 0.05) is 6.54 Å². The van der Waals surface area contributed by atoms with Gasteiger partial charge in [0.1, 0.15) is 6.04 Å². The van der Waals surface area contributed by atoms with Crippen molar-refractivity contribution in [2.24, 2.45) is 0 Å². The number of carboxylic acids is 1. The van der Waals surface area contributed by atoms with Crippen molar-refractivity contribution in [3.05, 3.63) is 29.8 Å². The van der Waals surface area contributed by atoms with Crippen LogP contribution in [0.3, 0.4) is 0 Å². The first kappa shape index (κ1) is 16.0. The molecule has 0 radical (unpaired) electrons. The Labute approximate surface area is 125 Å². The molecule has 116 valence electrons.